The van der Waals surface area contributed by atoms with Gasteiger partial charge in [-0.05, 0) is 43.5 Å². The first-order chi connectivity index (χ1) is 9.66. The van der Waals surface area contributed by atoms with Gasteiger partial charge in [-0.25, -0.2) is 0 Å². The molecule has 2 rings (SSSR count). The minimum absolute atomic E-state index is 0.0438. The molecule has 0 saturated heterocycles. The maximum absolute atomic E-state index is 6.10. The summed E-state index contributed by atoms with van der Waals surface area (Å²) in [5.74, 6) is 1.55. The number of ether oxygens (including phenoxy) is 2. The summed E-state index contributed by atoms with van der Waals surface area (Å²) >= 11 is 0. The summed E-state index contributed by atoms with van der Waals surface area (Å²) in [6, 6.07) is 8.20. The molecule has 1 aliphatic rings. The quantitative estimate of drug-likeness (QED) is 0.789. The zero-order valence-electron chi connectivity index (χ0n) is 12.8. The first-order valence-corrected chi connectivity index (χ1v) is 7.19. The van der Waals surface area contributed by atoms with Crippen molar-refractivity contribution in [2.75, 3.05) is 34.4 Å². The topological polar surface area (TPSA) is 47.7 Å². The van der Waals surface area contributed by atoms with Crippen molar-refractivity contribution in [2.45, 2.75) is 24.9 Å². The molecular formula is C16H26N2O2. The van der Waals surface area contributed by atoms with E-state index in [0.717, 1.165) is 12.3 Å². The second-order valence-electron chi connectivity index (χ2n) is 5.72. The lowest BCUT2D eigenvalue weighted by molar-refractivity contribution is 0.0104. The zero-order chi connectivity index (χ0) is 14.6. The highest BCUT2D eigenvalue weighted by molar-refractivity contribution is 5.28. The third-order valence-electron chi connectivity index (χ3n) is 4.40. The van der Waals surface area contributed by atoms with Crippen LogP contribution in [0.4, 0.5) is 0 Å². The van der Waals surface area contributed by atoms with Crippen molar-refractivity contribution < 1.29 is 9.47 Å². The molecule has 1 aromatic rings. The molecule has 0 bridgehead atoms. The molecule has 1 unspecified atom stereocenters. The summed E-state index contributed by atoms with van der Waals surface area (Å²) in [5.41, 5.74) is 7.29. The second-order valence-corrected chi connectivity index (χ2v) is 5.72. The van der Waals surface area contributed by atoms with Crippen LogP contribution < -0.4 is 10.5 Å². The standard InChI is InChI=1S/C16H26N2O2/c1-18(10-13-5-4-6-15(9-13)20-3)16(11-17,12-19-2)14-7-8-14/h4-6,9,14H,7-8,10-12,17H2,1-3H3. The Hall–Kier alpha value is -1.10. The maximum Gasteiger partial charge on any atom is 0.119 e. The van der Waals surface area contributed by atoms with Crippen LogP contribution in [-0.4, -0.2) is 44.9 Å². The van der Waals surface area contributed by atoms with Gasteiger partial charge < -0.3 is 15.2 Å². The third kappa shape index (κ3) is 3.14. The molecule has 4 heteroatoms. The molecule has 0 aromatic heterocycles. The molecule has 1 aromatic carbocycles. The molecule has 0 aliphatic heterocycles. The van der Waals surface area contributed by atoms with E-state index < -0.39 is 0 Å². The summed E-state index contributed by atoms with van der Waals surface area (Å²) < 4.78 is 10.7. The van der Waals surface area contributed by atoms with E-state index >= 15 is 0 Å². The van der Waals surface area contributed by atoms with E-state index in [-0.39, 0.29) is 5.54 Å². The summed E-state index contributed by atoms with van der Waals surface area (Å²) in [5, 5.41) is 0. The molecular weight excluding hydrogens is 252 g/mol. The zero-order valence-corrected chi connectivity index (χ0v) is 12.8. The summed E-state index contributed by atoms with van der Waals surface area (Å²) in [6.45, 7) is 2.18. The van der Waals surface area contributed by atoms with E-state index in [2.05, 4.69) is 24.1 Å². The molecule has 1 aliphatic carbocycles. The van der Waals surface area contributed by atoms with Gasteiger partial charge in [0.15, 0.2) is 0 Å². The number of hydrogen-bond donors (Lipinski definition) is 1. The van der Waals surface area contributed by atoms with Gasteiger partial charge in [0.05, 0.1) is 19.3 Å². The average Bonchev–Trinajstić information content (AvgIpc) is 3.30. The van der Waals surface area contributed by atoms with Gasteiger partial charge in [-0.3, -0.25) is 4.90 Å². The maximum atomic E-state index is 6.10. The van der Waals surface area contributed by atoms with Crippen molar-refractivity contribution in [3.8, 4) is 5.75 Å². The molecule has 4 nitrogen and oxygen atoms in total. The minimum Gasteiger partial charge on any atom is -0.497 e. The third-order valence-corrected chi connectivity index (χ3v) is 4.40. The molecule has 0 amide bonds. The molecule has 1 atom stereocenters. The fourth-order valence-corrected chi connectivity index (χ4v) is 2.99. The highest BCUT2D eigenvalue weighted by Crippen LogP contribution is 2.43. The normalized spacial score (nSPS) is 18.1. The lowest BCUT2D eigenvalue weighted by Gasteiger charge is -2.41. The van der Waals surface area contributed by atoms with Crippen molar-refractivity contribution in [2.24, 2.45) is 11.7 Å². The van der Waals surface area contributed by atoms with E-state index in [1.165, 1.54) is 18.4 Å². The number of benzene rings is 1. The van der Waals surface area contributed by atoms with Crippen LogP contribution in [0.25, 0.3) is 0 Å². The molecule has 1 saturated carbocycles. The van der Waals surface area contributed by atoms with Crippen LogP contribution in [0, 0.1) is 5.92 Å². The lowest BCUT2D eigenvalue weighted by atomic mass is 9.91. The van der Waals surface area contributed by atoms with Crippen molar-refractivity contribution in [1.82, 2.24) is 4.90 Å². The Morgan fingerprint density at radius 3 is 2.65 bits per heavy atom. The van der Waals surface area contributed by atoms with Gasteiger partial charge in [-0.1, -0.05) is 12.1 Å². The molecule has 0 heterocycles. The van der Waals surface area contributed by atoms with Gasteiger partial charge in [-0.15, -0.1) is 0 Å². The van der Waals surface area contributed by atoms with E-state index in [9.17, 15) is 0 Å². The largest absolute Gasteiger partial charge is 0.497 e. The highest BCUT2D eigenvalue weighted by Gasteiger charge is 2.47. The van der Waals surface area contributed by atoms with Crippen molar-refractivity contribution in [1.29, 1.82) is 0 Å². The summed E-state index contributed by atoms with van der Waals surface area (Å²) in [6.07, 6.45) is 2.51. The molecule has 0 radical (unpaired) electrons. The van der Waals surface area contributed by atoms with Gasteiger partial charge in [-0.2, -0.15) is 0 Å². The first kappa shape index (κ1) is 15.3. The van der Waals surface area contributed by atoms with Gasteiger partial charge in [0, 0.05) is 20.2 Å². The second kappa shape index (κ2) is 6.57. The van der Waals surface area contributed by atoms with E-state index in [1.807, 2.05) is 12.1 Å². The van der Waals surface area contributed by atoms with Crippen LogP contribution in [0.2, 0.25) is 0 Å². The number of hydrogen-bond acceptors (Lipinski definition) is 4. The van der Waals surface area contributed by atoms with Crippen LogP contribution in [0.15, 0.2) is 24.3 Å². The van der Waals surface area contributed by atoms with Gasteiger partial charge in [0.2, 0.25) is 0 Å². The van der Waals surface area contributed by atoms with E-state index in [0.29, 0.717) is 19.1 Å². The van der Waals surface area contributed by atoms with Crippen LogP contribution >= 0.6 is 0 Å². The predicted molar refractivity (Wildman–Crippen MR) is 80.8 cm³/mol. The van der Waals surface area contributed by atoms with Crippen molar-refractivity contribution >= 4 is 0 Å². The van der Waals surface area contributed by atoms with Crippen LogP contribution in [0.5, 0.6) is 5.75 Å². The Morgan fingerprint density at radius 2 is 2.10 bits per heavy atom. The number of nitrogens with two attached hydrogens (primary N) is 1. The van der Waals surface area contributed by atoms with Gasteiger partial charge in [0.1, 0.15) is 5.75 Å². The van der Waals surface area contributed by atoms with Crippen LogP contribution in [0.3, 0.4) is 0 Å². The van der Waals surface area contributed by atoms with Crippen LogP contribution in [0.1, 0.15) is 18.4 Å². The number of likely N-dealkylation sites (N-methyl/N-ethyl adjacent to an activating group) is 1. The molecule has 20 heavy (non-hydrogen) atoms. The smallest absolute Gasteiger partial charge is 0.119 e. The minimum atomic E-state index is -0.0438. The fraction of sp³-hybridized carbons (Fsp3) is 0.625. The fourth-order valence-electron chi connectivity index (χ4n) is 2.99. The van der Waals surface area contributed by atoms with Crippen molar-refractivity contribution in [3.05, 3.63) is 29.8 Å². The predicted octanol–water partition coefficient (Wildman–Crippen LogP) is 1.88. The van der Waals surface area contributed by atoms with E-state index in [1.54, 1.807) is 14.2 Å². The Bertz CT molecular complexity index is 434. The molecule has 112 valence electrons. The summed E-state index contributed by atoms with van der Waals surface area (Å²) in [7, 11) is 5.60. The molecule has 1 fully saturated rings. The Labute approximate surface area is 121 Å². The van der Waals surface area contributed by atoms with Crippen molar-refractivity contribution in [3.63, 3.8) is 0 Å². The van der Waals surface area contributed by atoms with E-state index in [4.69, 9.17) is 15.2 Å². The first-order valence-electron chi connectivity index (χ1n) is 7.19. The Kier molecular flexibility index (Phi) is 5.02. The Morgan fingerprint density at radius 1 is 1.35 bits per heavy atom. The van der Waals surface area contributed by atoms with Gasteiger partial charge >= 0.3 is 0 Å². The number of methoxy groups -OCH3 is 2. The van der Waals surface area contributed by atoms with Crippen LogP contribution in [-0.2, 0) is 11.3 Å². The highest BCUT2D eigenvalue weighted by atomic mass is 16.5. The molecule has 2 N–H and O–H groups in total. The number of nitrogens with zero attached hydrogens (tertiary/aromatic N) is 1. The molecule has 0 spiro atoms. The lowest BCUT2D eigenvalue weighted by Crippen LogP contribution is -2.56. The Balaban J connectivity index is 2.13. The monoisotopic (exact) mass is 278 g/mol. The SMILES string of the molecule is COCC(CN)(C1CC1)N(C)Cc1cccc(OC)c1. The summed E-state index contributed by atoms with van der Waals surface area (Å²) in [4.78, 5) is 2.35. The number of rotatable bonds is 8. The van der Waals surface area contributed by atoms with Gasteiger partial charge in [0.25, 0.3) is 0 Å². The average molecular weight is 278 g/mol.